The van der Waals surface area contributed by atoms with E-state index >= 15 is 0 Å². The molecule has 13 heavy (non-hydrogen) atoms. The van der Waals surface area contributed by atoms with Crippen LogP contribution in [0.4, 0.5) is 4.39 Å². The predicted octanol–water partition coefficient (Wildman–Crippen LogP) is 3.58. The normalized spacial score (nSPS) is 11.1. The van der Waals surface area contributed by atoms with Crippen LogP contribution in [0.5, 0.6) is 0 Å². The van der Waals surface area contributed by atoms with Gasteiger partial charge in [-0.05, 0) is 18.2 Å². The minimum absolute atomic E-state index is 0.0664. The van der Waals surface area contributed by atoms with Gasteiger partial charge in [0.05, 0.1) is 11.1 Å². The Balaban J connectivity index is 3.18. The van der Waals surface area contributed by atoms with Crippen LogP contribution in [0.25, 0.3) is 5.03 Å². The second-order valence-corrected chi connectivity index (χ2v) is 3.09. The Labute approximate surface area is 85.0 Å². The van der Waals surface area contributed by atoms with Crippen LogP contribution in [0.3, 0.4) is 0 Å². The van der Waals surface area contributed by atoms with E-state index in [0.717, 1.165) is 12.1 Å². The van der Waals surface area contributed by atoms with Crippen LogP contribution in [-0.2, 0) is 0 Å². The van der Waals surface area contributed by atoms with Gasteiger partial charge >= 0.3 is 0 Å². The maximum Gasteiger partial charge on any atom is 0.133 e. The lowest BCUT2D eigenvalue weighted by Crippen LogP contribution is -1.84. The van der Waals surface area contributed by atoms with Crippen LogP contribution in [0.15, 0.2) is 24.3 Å². The molecular weight excluding hydrogens is 212 g/mol. The molecule has 1 nitrogen and oxygen atoms in total. The van der Waals surface area contributed by atoms with Gasteiger partial charge < -0.3 is 0 Å². The summed E-state index contributed by atoms with van der Waals surface area (Å²) < 4.78 is 13.1. The molecule has 1 rings (SSSR count). The van der Waals surface area contributed by atoms with Crippen molar-refractivity contribution in [2.75, 3.05) is 0 Å². The molecule has 0 aliphatic carbocycles. The molecule has 0 saturated carbocycles. The van der Waals surface area contributed by atoms with Crippen molar-refractivity contribution < 1.29 is 4.39 Å². The molecule has 0 atom stereocenters. The first kappa shape index (κ1) is 10.0. The SMILES string of the molecule is N#C/C=C(\Cl)c1ccc(Cl)cc1F. The van der Waals surface area contributed by atoms with Crippen molar-refractivity contribution in [2.45, 2.75) is 0 Å². The van der Waals surface area contributed by atoms with Crippen molar-refractivity contribution in [3.63, 3.8) is 0 Å². The van der Waals surface area contributed by atoms with E-state index in [0.29, 0.717) is 5.02 Å². The molecule has 0 aliphatic heterocycles. The Bertz CT molecular complexity index is 393. The third-order valence-corrected chi connectivity index (χ3v) is 1.93. The third kappa shape index (κ3) is 2.45. The summed E-state index contributed by atoms with van der Waals surface area (Å²) in [5.41, 5.74) is 0.174. The molecule has 0 aromatic heterocycles. The van der Waals surface area contributed by atoms with E-state index in [9.17, 15) is 4.39 Å². The number of hydrogen-bond donors (Lipinski definition) is 0. The van der Waals surface area contributed by atoms with Gasteiger partial charge in [0, 0.05) is 16.7 Å². The van der Waals surface area contributed by atoms with Gasteiger partial charge in [0.1, 0.15) is 5.82 Å². The zero-order valence-electron chi connectivity index (χ0n) is 6.39. The largest absolute Gasteiger partial charge is 0.206 e. The van der Waals surface area contributed by atoms with Gasteiger partial charge in [0.15, 0.2) is 0 Å². The van der Waals surface area contributed by atoms with E-state index in [4.69, 9.17) is 28.5 Å². The Morgan fingerprint density at radius 2 is 2.23 bits per heavy atom. The standard InChI is InChI=1S/C9H4Cl2FN/c10-6-1-2-7(9(12)5-6)8(11)3-4-13/h1-3,5H/b8-3-. The smallest absolute Gasteiger partial charge is 0.133 e. The van der Waals surface area contributed by atoms with Crippen molar-refractivity contribution in [3.05, 3.63) is 40.7 Å². The van der Waals surface area contributed by atoms with Crippen LogP contribution in [0.1, 0.15) is 5.56 Å². The van der Waals surface area contributed by atoms with Gasteiger partial charge in [-0.2, -0.15) is 5.26 Å². The quantitative estimate of drug-likeness (QED) is 0.658. The fourth-order valence-electron chi connectivity index (χ4n) is 0.818. The summed E-state index contributed by atoms with van der Waals surface area (Å²) in [5, 5.41) is 8.64. The maximum atomic E-state index is 13.1. The van der Waals surface area contributed by atoms with Gasteiger partial charge in [0.25, 0.3) is 0 Å². The number of halogens is 3. The molecule has 0 bridgehead atoms. The van der Waals surface area contributed by atoms with Crippen LogP contribution in [0.2, 0.25) is 5.02 Å². The number of nitrogens with zero attached hydrogens (tertiary/aromatic N) is 1. The van der Waals surface area contributed by atoms with Gasteiger partial charge in [-0.3, -0.25) is 0 Å². The van der Waals surface area contributed by atoms with Gasteiger partial charge in [-0.15, -0.1) is 0 Å². The predicted molar refractivity (Wildman–Crippen MR) is 50.9 cm³/mol. The molecular formula is C9H4Cl2FN. The highest BCUT2D eigenvalue weighted by Gasteiger charge is 2.05. The van der Waals surface area contributed by atoms with Gasteiger partial charge in [-0.25, -0.2) is 4.39 Å². The lowest BCUT2D eigenvalue weighted by molar-refractivity contribution is 0.625. The summed E-state index contributed by atoms with van der Waals surface area (Å²) in [6.07, 6.45) is 1.06. The lowest BCUT2D eigenvalue weighted by atomic mass is 10.2. The Morgan fingerprint density at radius 3 is 2.77 bits per heavy atom. The molecule has 1 aromatic carbocycles. The summed E-state index contributed by atoms with van der Waals surface area (Å²) in [6.45, 7) is 0. The fraction of sp³-hybridized carbons (Fsp3) is 0. The highest BCUT2D eigenvalue weighted by molar-refractivity contribution is 6.49. The highest BCUT2D eigenvalue weighted by Crippen LogP contribution is 2.23. The first-order valence-corrected chi connectivity index (χ1v) is 4.11. The molecule has 4 heteroatoms. The minimum Gasteiger partial charge on any atom is -0.206 e. The fourth-order valence-corrected chi connectivity index (χ4v) is 1.18. The number of allylic oxidation sites excluding steroid dienone is 1. The van der Waals surface area contributed by atoms with Gasteiger partial charge in [-0.1, -0.05) is 23.2 Å². The van der Waals surface area contributed by atoms with Crippen molar-refractivity contribution in [3.8, 4) is 6.07 Å². The monoisotopic (exact) mass is 215 g/mol. The maximum absolute atomic E-state index is 13.1. The average Bonchev–Trinajstić information content (AvgIpc) is 2.04. The van der Waals surface area contributed by atoms with Crippen molar-refractivity contribution in [2.24, 2.45) is 0 Å². The van der Waals surface area contributed by atoms with Crippen LogP contribution in [0, 0.1) is 17.1 Å². The molecule has 0 spiro atoms. The van der Waals surface area contributed by atoms with E-state index in [1.165, 1.54) is 12.1 Å². The zero-order valence-corrected chi connectivity index (χ0v) is 7.90. The molecule has 0 unspecified atom stereocenters. The summed E-state index contributed by atoms with van der Waals surface area (Å²) >= 11 is 11.2. The average molecular weight is 216 g/mol. The Kier molecular flexibility index (Phi) is 3.30. The second-order valence-electron chi connectivity index (χ2n) is 2.25. The molecule has 66 valence electrons. The molecule has 0 aliphatic rings. The van der Waals surface area contributed by atoms with E-state index in [1.807, 2.05) is 0 Å². The van der Waals surface area contributed by atoms with E-state index in [-0.39, 0.29) is 10.6 Å². The molecule has 0 fully saturated rings. The van der Waals surface area contributed by atoms with E-state index < -0.39 is 5.82 Å². The van der Waals surface area contributed by atoms with Crippen LogP contribution in [-0.4, -0.2) is 0 Å². The third-order valence-electron chi connectivity index (χ3n) is 1.38. The van der Waals surface area contributed by atoms with Crippen molar-refractivity contribution in [1.82, 2.24) is 0 Å². The Morgan fingerprint density at radius 1 is 1.54 bits per heavy atom. The number of hydrogen-bond acceptors (Lipinski definition) is 1. The molecule has 0 heterocycles. The number of benzene rings is 1. The highest BCUT2D eigenvalue weighted by atomic mass is 35.5. The molecule has 1 aromatic rings. The second kappa shape index (κ2) is 4.27. The minimum atomic E-state index is -0.538. The van der Waals surface area contributed by atoms with Crippen molar-refractivity contribution in [1.29, 1.82) is 5.26 Å². The zero-order chi connectivity index (χ0) is 9.84. The summed E-state index contributed by atoms with van der Waals surface area (Å²) in [7, 11) is 0. The topological polar surface area (TPSA) is 23.8 Å². The summed E-state index contributed by atoms with van der Waals surface area (Å²) in [4.78, 5) is 0. The molecule has 0 radical (unpaired) electrons. The van der Waals surface area contributed by atoms with Crippen LogP contribution >= 0.6 is 23.2 Å². The van der Waals surface area contributed by atoms with Crippen LogP contribution < -0.4 is 0 Å². The number of nitriles is 1. The van der Waals surface area contributed by atoms with E-state index in [1.54, 1.807) is 6.07 Å². The van der Waals surface area contributed by atoms with Gasteiger partial charge in [0.2, 0.25) is 0 Å². The first-order chi connectivity index (χ1) is 6.15. The number of rotatable bonds is 1. The van der Waals surface area contributed by atoms with E-state index in [2.05, 4.69) is 0 Å². The first-order valence-electron chi connectivity index (χ1n) is 3.36. The summed E-state index contributed by atoms with van der Waals surface area (Å²) in [6, 6.07) is 5.79. The molecule has 0 amide bonds. The lowest BCUT2D eigenvalue weighted by Gasteiger charge is -1.99. The molecule has 0 saturated heterocycles. The van der Waals surface area contributed by atoms with Crippen molar-refractivity contribution >= 4 is 28.2 Å². The molecule has 0 N–H and O–H groups in total. The Hall–Kier alpha value is -1.04. The summed E-state index contributed by atoms with van der Waals surface area (Å²) in [5.74, 6) is -0.538.